The molecule has 0 saturated heterocycles. The number of carbonyl (C=O) groups is 3. The summed E-state index contributed by atoms with van der Waals surface area (Å²) in [4.78, 5) is 35.5. The average Bonchev–Trinajstić information content (AvgIpc) is 3.11. The first-order valence-electron chi connectivity index (χ1n) is 16.5. The molecular formula is C40H44O9. The molecule has 0 aromatic heterocycles. The number of esters is 3. The molecule has 0 N–H and O–H groups in total. The van der Waals surface area contributed by atoms with E-state index in [9.17, 15) is 14.4 Å². The zero-order chi connectivity index (χ0) is 35.1. The Kier molecular flexibility index (Phi) is 17.2. The van der Waals surface area contributed by atoms with Gasteiger partial charge in [-0.25, -0.2) is 9.59 Å². The second-order valence-electron chi connectivity index (χ2n) is 10.8. The van der Waals surface area contributed by atoms with Crippen LogP contribution in [-0.2, 0) is 23.8 Å². The highest BCUT2D eigenvalue weighted by Gasteiger charge is 2.10. The quantitative estimate of drug-likeness (QED) is 0.0279. The highest BCUT2D eigenvalue weighted by atomic mass is 16.6. The van der Waals surface area contributed by atoms with Gasteiger partial charge in [0.15, 0.2) is 5.76 Å². The van der Waals surface area contributed by atoms with Crippen molar-refractivity contribution >= 4 is 17.9 Å². The van der Waals surface area contributed by atoms with Crippen molar-refractivity contribution in [2.45, 2.75) is 58.3 Å². The fourth-order valence-electron chi connectivity index (χ4n) is 4.35. The van der Waals surface area contributed by atoms with Gasteiger partial charge < -0.3 is 28.4 Å². The van der Waals surface area contributed by atoms with Crippen LogP contribution < -0.4 is 14.2 Å². The van der Waals surface area contributed by atoms with Gasteiger partial charge >= 0.3 is 17.9 Å². The van der Waals surface area contributed by atoms with Gasteiger partial charge in [-0.05, 0) is 131 Å². The van der Waals surface area contributed by atoms with Crippen LogP contribution in [0.3, 0.4) is 0 Å². The summed E-state index contributed by atoms with van der Waals surface area (Å²) in [6, 6.07) is 21.4. The Bertz CT molecular complexity index is 1550. The van der Waals surface area contributed by atoms with E-state index >= 15 is 0 Å². The molecule has 0 saturated carbocycles. The largest absolute Gasteiger partial charge is 0.494 e. The summed E-state index contributed by atoms with van der Waals surface area (Å²) in [5.74, 6) is 6.89. The predicted molar refractivity (Wildman–Crippen MR) is 186 cm³/mol. The maximum atomic E-state index is 12.6. The van der Waals surface area contributed by atoms with Crippen LogP contribution in [0.25, 0.3) is 0 Å². The Morgan fingerprint density at radius 1 is 0.653 bits per heavy atom. The average molecular weight is 669 g/mol. The SMILES string of the molecule is C=COC(=O)CCCCCOc1ccc(C(=O)Oc2ccc(C#Cc3ccc(OCCCCCCOC(=O)C(=C)OCC)cc3)cc2)cc1. The number of hydrogen-bond donors (Lipinski definition) is 0. The number of rotatable bonds is 21. The molecule has 0 aliphatic carbocycles. The molecule has 258 valence electrons. The third-order valence-corrected chi connectivity index (χ3v) is 6.96. The minimum Gasteiger partial charge on any atom is -0.494 e. The van der Waals surface area contributed by atoms with Crippen LogP contribution in [0, 0.1) is 11.8 Å². The van der Waals surface area contributed by atoms with Gasteiger partial charge in [-0.2, -0.15) is 0 Å². The minimum absolute atomic E-state index is 0.0428. The lowest BCUT2D eigenvalue weighted by atomic mass is 10.1. The van der Waals surface area contributed by atoms with E-state index in [1.165, 1.54) is 0 Å². The number of carbonyl (C=O) groups excluding carboxylic acids is 3. The summed E-state index contributed by atoms with van der Waals surface area (Å²) in [6.45, 7) is 10.5. The molecule has 3 aromatic carbocycles. The first-order valence-corrected chi connectivity index (χ1v) is 16.5. The van der Waals surface area contributed by atoms with E-state index in [1.54, 1.807) is 55.5 Å². The molecule has 3 aromatic rings. The normalized spacial score (nSPS) is 10.1. The van der Waals surface area contributed by atoms with Gasteiger partial charge in [0.1, 0.15) is 17.2 Å². The zero-order valence-corrected chi connectivity index (χ0v) is 28.1. The molecule has 0 bridgehead atoms. The summed E-state index contributed by atoms with van der Waals surface area (Å²) in [6.07, 6.45) is 7.43. The van der Waals surface area contributed by atoms with Crippen molar-refractivity contribution in [3.05, 3.63) is 115 Å². The van der Waals surface area contributed by atoms with Crippen LogP contribution >= 0.6 is 0 Å². The van der Waals surface area contributed by atoms with Crippen LogP contribution in [0.5, 0.6) is 17.2 Å². The van der Waals surface area contributed by atoms with Crippen molar-refractivity contribution in [2.75, 3.05) is 26.4 Å². The van der Waals surface area contributed by atoms with Crippen molar-refractivity contribution in [1.82, 2.24) is 0 Å². The van der Waals surface area contributed by atoms with Crippen LogP contribution in [-0.4, -0.2) is 44.3 Å². The van der Waals surface area contributed by atoms with Crippen LogP contribution in [0.4, 0.5) is 0 Å². The number of unbranched alkanes of at least 4 members (excludes halogenated alkanes) is 5. The lowest BCUT2D eigenvalue weighted by molar-refractivity contribution is -0.143. The van der Waals surface area contributed by atoms with Crippen LogP contribution in [0.2, 0.25) is 0 Å². The van der Waals surface area contributed by atoms with E-state index in [0.29, 0.717) is 49.9 Å². The van der Waals surface area contributed by atoms with Crippen molar-refractivity contribution in [3.63, 3.8) is 0 Å². The summed E-state index contributed by atoms with van der Waals surface area (Å²) in [5, 5.41) is 0. The highest BCUT2D eigenvalue weighted by Crippen LogP contribution is 2.18. The Labute approximate surface area is 288 Å². The smallest absolute Gasteiger partial charge is 0.372 e. The summed E-state index contributed by atoms with van der Waals surface area (Å²) in [7, 11) is 0. The van der Waals surface area contributed by atoms with Crippen LogP contribution in [0.15, 0.2) is 98.0 Å². The molecule has 0 fully saturated rings. The van der Waals surface area contributed by atoms with Gasteiger partial charge in [0.25, 0.3) is 0 Å². The lowest BCUT2D eigenvalue weighted by Gasteiger charge is -2.08. The Morgan fingerprint density at radius 3 is 1.71 bits per heavy atom. The predicted octanol–water partition coefficient (Wildman–Crippen LogP) is 7.96. The molecule has 9 nitrogen and oxygen atoms in total. The van der Waals surface area contributed by atoms with Crippen molar-refractivity contribution in [1.29, 1.82) is 0 Å². The molecule has 9 heteroatoms. The van der Waals surface area contributed by atoms with E-state index < -0.39 is 11.9 Å². The summed E-state index contributed by atoms with van der Waals surface area (Å²) < 4.78 is 31.9. The van der Waals surface area contributed by atoms with Gasteiger partial charge in [0.05, 0.1) is 38.3 Å². The van der Waals surface area contributed by atoms with E-state index in [2.05, 4.69) is 29.7 Å². The fourth-order valence-corrected chi connectivity index (χ4v) is 4.35. The second-order valence-corrected chi connectivity index (χ2v) is 10.8. The summed E-state index contributed by atoms with van der Waals surface area (Å²) in [5.41, 5.74) is 2.04. The summed E-state index contributed by atoms with van der Waals surface area (Å²) >= 11 is 0. The van der Waals surface area contributed by atoms with E-state index in [0.717, 1.165) is 68.1 Å². The Balaban J connectivity index is 1.31. The third kappa shape index (κ3) is 15.3. The van der Waals surface area contributed by atoms with Gasteiger partial charge in [-0.1, -0.05) is 18.4 Å². The van der Waals surface area contributed by atoms with Crippen molar-refractivity contribution < 1.29 is 42.8 Å². The monoisotopic (exact) mass is 668 g/mol. The fraction of sp³-hybridized carbons (Fsp3) is 0.325. The van der Waals surface area contributed by atoms with Gasteiger partial charge in [0, 0.05) is 17.5 Å². The molecule has 49 heavy (non-hydrogen) atoms. The topological polar surface area (TPSA) is 107 Å². The van der Waals surface area contributed by atoms with Crippen molar-refractivity contribution in [3.8, 4) is 29.1 Å². The lowest BCUT2D eigenvalue weighted by Crippen LogP contribution is -2.10. The maximum absolute atomic E-state index is 12.6. The molecule has 0 unspecified atom stereocenters. The number of benzene rings is 3. The molecule has 0 amide bonds. The molecule has 0 heterocycles. The molecular weight excluding hydrogens is 624 g/mol. The molecule has 3 rings (SSSR count). The minimum atomic E-state index is -0.506. The molecule has 0 aliphatic rings. The molecule has 0 aliphatic heterocycles. The maximum Gasteiger partial charge on any atom is 0.372 e. The zero-order valence-electron chi connectivity index (χ0n) is 28.1. The Hall–Kier alpha value is -5.49. The molecule has 0 spiro atoms. The molecule has 0 atom stereocenters. The number of ether oxygens (including phenoxy) is 6. The van der Waals surface area contributed by atoms with Crippen LogP contribution in [0.1, 0.15) is 79.8 Å². The first-order chi connectivity index (χ1) is 23.9. The van der Waals surface area contributed by atoms with E-state index in [1.807, 2.05) is 24.3 Å². The third-order valence-electron chi connectivity index (χ3n) is 6.96. The van der Waals surface area contributed by atoms with E-state index in [-0.39, 0.29) is 11.7 Å². The van der Waals surface area contributed by atoms with Gasteiger partial charge in [-0.3, -0.25) is 4.79 Å². The number of hydrogen-bond acceptors (Lipinski definition) is 9. The standard InChI is InChI=1S/C40H44O9/c1-4-44-31(3)39(42)48-30-11-7-6-10-28-46-35-22-16-32(17-23-35)14-15-33-18-24-37(25-19-33)49-40(43)34-20-26-36(27-21-34)47-29-12-8-9-13-38(41)45-5-2/h5,16-27H,2-4,6-13,28-30H2,1H3. The first kappa shape index (κ1) is 38.0. The Morgan fingerprint density at radius 2 is 1.16 bits per heavy atom. The van der Waals surface area contributed by atoms with Gasteiger partial charge in [0.2, 0.25) is 0 Å². The highest BCUT2D eigenvalue weighted by molar-refractivity contribution is 5.91. The second kappa shape index (κ2) is 22.1. The molecule has 0 radical (unpaired) electrons. The van der Waals surface area contributed by atoms with Crippen molar-refractivity contribution in [2.24, 2.45) is 0 Å². The van der Waals surface area contributed by atoms with E-state index in [4.69, 9.17) is 23.7 Å². The van der Waals surface area contributed by atoms with Gasteiger partial charge in [-0.15, -0.1) is 0 Å².